The lowest BCUT2D eigenvalue weighted by molar-refractivity contribution is 0.195. The number of ether oxygens (including phenoxy) is 1. The molecule has 0 bridgehead atoms. The molecule has 0 saturated carbocycles. The van der Waals surface area contributed by atoms with Gasteiger partial charge in [-0.3, -0.25) is 0 Å². The maximum Gasteiger partial charge on any atom is 0.108 e. The first-order chi connectivity index (χ1) is 8.79. The molecule has 2 aromatic rings. The molecule has 1 atom stereocenters. The van der Waals surface area contributed by atoms with Crippen LogP contribution in [0.15, 0.2) is 24.3 Å². The molecular formula is C13H17ClN2OS. The summed E-state index contributed by atoms with van der Waals surface area (Å²) in [6.07, 6.45) is 0.903. The average Bonchev–Trinajstić information content (AvgIpc) is 2.77. The molecule has 0 aliphatic rings. The number of fused-ring (bicyclic) bond motifs is 1. The van der Waals surface area contributed by atoms with E-state index in [9.17, 15) is 0 Å². The van der Waals surface area contributed by atoms with Crippen molar-refractivity contribution in [1.82, 2.24) is 10.3 Å². The zero-order valence-corrected chi connectivity index (χ0v) is 11.9. The number of methoxy groups -OCH3 is 1. The molecule has 0 saturated heterocycles. The topological polar surface area (TPSA) is 34.1 Å². The molecule has 3 nitrogen and oxygen atoms in total. The molecule has 1 aromatic carbocycles. The third kappa shape index (κ3) is 3.92. The lowest BCUT2D eigenvalue weighted by atomic mass is 10.3. The van der Waals surface area contributed by atoms with E-state index in [2.05, 4.69) is 16.4 Å². The SMILES string of the molecule is COCC(Cl)CCNCc1nc2ccccc2s1. The fraction of sp³-hybridized carbons (Fsp3) is 0.462. The van der Waals surface area contributed by atoms with Crippen molar-refractivity contribution >= 4 is 33.2 Å². The Balaban J connectivity index is 1.76. The van der Waals surface area contributed by atoms with E-state index in [-0.39, 0.29) is 5.38 Å². The Kier molecular flexibility index (Phi) is 5.38. The van der Waals surface area contributed by atoms with Gasteiger partial charge in [-0.1, -0.05) is 12.1 Å². The van der Waals surface area contributed by atoms with Gasteiger partial charge in [0.15, 0.2) is 0 Å². The molecule has 1 N–H and O–H groups in total. The van der Waals surface area contributed by atoms with Crippen LogP contribution in [0, 0.1) is 0 Å². The number of alkyl halides is 1. The largest absolute Gasteiger partial charge is 0.383 e. The molecule has 98 valence electrons. The van der Waals surface area contributed by atoms with Gasteiger partial charge < -0.3 is 10.1 Å². The highest BCUT2D eigenvalue weighted by Gasteiger charge is 2.05. The molecule has 0 fully saturated rings. The number of nitrogens with one attached hydrogen (secondary N) is 1. The summed E-state index contributed by atoms with van der Waals surface area (Å²) in [5.41, 5.74) is 1.08. The third-order valence-corrected chi connectivity index (χ3v) is 3.98. The zero-order chi connectivity index (χ0) is 12.8. The average molecular weight is 285 g/mol. The summed E-state index contributed by atoms with van der Waals surface area (Å²) < 4.78 is 6.23. The van der Waals surface area contributed by atoms with Crippen molar-refractivity contribution in [2.45, 2.75) is 18.3 Å². The Hall–Kier alpha value is -0.680. The summed E-state index contributed by atoms with van der Waals surface area (Å²) in [6.45, 7) is 2.29. The molecule has 1 unspecified atom stereocenters. The van der Waals surface area contributed by atoms with Crippen LogP contribution in [0.1, 0.15) is 11.4 Å². The summed E-state index contributed by atoms with van der Waals surface area (Å²) >= 11 is 7.78. The van der Waals surface area contributed by atoms with Crippen LogP contribution in [0.5, 0.6) is 0 Å². The molecule has 2 rings (SSSR count). The summed E-state index contributed by atoms with van der Waals surface area (Å²) in [7, 11) is 1.67. The van der Waals surface area contributed by atoms with Crippen molar-refractivity contribution in [2.24, 2.45) is 0 Å². The van der Waals surface area contributed by atoms with Gasteiger partial charge in [-0.05, 0) is 25.1 Å². The number of halogens is 1. The Morgan fingerprint density at radius 1 is 1.44 bits per heavy atom. The van der Waals surface area contributed by atoms with Gasteiger partial charge in [0.1, 0.15) is 5.01 Å². The molecule has 0 spiro atoms. The van der Waals surface area contributed by atoms with Crippen molar-refractivity contribution in [3.63, 3.8) is 0 Å². The minimum Gasteiger partial charge on any atom is -0.383 e. The van der Waals surface area contributed by atoms with Gasteiger partial charge in [0, 0.05) is 13.7 Å². The minimum atomic E-state index is 0.0814. The van der Waals surface area contributed by atoms with Crippen LogP contribution in [0.2, 0.25) is 0 Å². The first-order valence-electron chi connectivity index (χ1n) is 5.98. The summed E-state index contributed by atoms with van der Waals surface area (Å²) in [4.78, 5) is 4.56. The molecule has 0 amide bonds. The van der Waals surface area contributed by atoms with Gasteiger partial charge in [0.2, 0.25) is 0 Å². The van der Waals surface area contributed by atoms with Gasteiger partial charge in [-0.2, -0.15) is 0 Å². The van der Waals surface area contributed by atoms with Crippen LogP contribution >= 0.6 is 22.9 Å². The Morgan fingerprint density at radius 3 is 3.06 bits per heavy atom. The number of thiazole rings is 1. The lowest BCUT2D eigenvalue weighted by Gasteiger charge is -2.07. The van der Waals surface area contributed by atoms with Crippen molar-refractivity contribution in [3.05, 3.63) is 29.3 Å². The van der Waals surface area contributed by atoms with Crippen molar-refractivity contribution < 1.29 is 4.74 Å². The van der Waals surface area contributed by atoms with E-state index in [1.807, 2.05) is 18.2 Å². The molecule has 0 aliphatic heterocycles. The quantitative estimate of drug-likeness (QED) is 0.627. The van der Waals surface area contributed by atoms with Crippen LogP contribution < -0.4 is 5.32 Å². The number of nitrogens with zero attached hydrogens (tertiary/aromatic N) is 1. The zero-order valence-electron chi connectivity index (χ0n) is 10.4. The van der Waals surface area contributed by atoms with E-state index in [0.717, 1.165) is 30.0 Å². The van der Waals surface area contributed by atoms with Crippen LogP contribution in [-0.2, 0) is 11.3 Å². The minimum absolute atomic E-state index is 0.0814. The fourth-order valence-electron chi connectivity index (χ4n) is 1.71. The number of rotatable bonds is 7. The highest BCUT2D eigenvalue weighted by molar-refractivity contribution is 7.18. The molecule has 0 aliphatic carbocycles. The molecule has 0 radical (unpaired) electrons. The van der Waals surface area contributed by atoms with Gasteiger partial charge in [0.05, 0.1) is 22.2 Å². The third-order valence-electron chi connectivity index (χ3n) is 2.60. The maximum absolute atomic E-state index is 6.05. The first kappa shape index (κ1) is 13.7. The smallest absolute Gasteiger partial charge is 0.108 e. The molecule has 1 heterocycles. The van der Waals surface area contributed by atoms with E-state index in [1.54, 1.807) is 18.4 Å². The van der Waals surface area contributed by atoms with E-state index < -0.39 is 0 Å². The number of aromatic nitrogens is 1. The van der Waals surface area contributed by atoms with Gasteiger partial charge in [-0.25, -0.2) is 4.98 Å². The van der Waals surface area contributed by atoms with Gasteiger partial charge >= 0.3 is 0 Å². The lowest BCUT2D eigenvalue weighted by Crippen LogP contribution is -2.19. The van der Waals surface area contributed by atoms with Gasteiger partial charge in [-0.15, -0.1) is 22.9 Å². The normalized spacial score (nSPS) is 13.0. The first-order valence-corrected chi connectivity index (χ1v) is 7.23. The van der Waals surface area contributed by atoms with Crippen LogP contribution in [0.25, 0.3) is 10.2 Å². The Bertz CT molecular complexity index is 456. The maximum atomic E-state index is 6.05. The fourth-order valence-corrected chi connectivity index (χ4v) is 2.89. The molecule has 5 heteroatoms. The van der Waals surface area contributed by atoms with Crippen molar-refractivity contribution in [2.75, 3.05) is 20.3 Å². The second kappa shape index (κ2) is 7.04. The summed E-state index contributed by atoms with van der Waals surface area (Å²) in [5.74, 6) is 0. The Morgan fingerprint density at radius 2 is 2.28 bits per heavy atom. The van der Waals surface area contributed by atoms with E-state index in [0.29, 0.717) is 6.61 Å². The molecular weight excluding hydrogens is 268 g/mol. The molecule has 18 heavy (non-hydrogen) atoms. The predicted octanol–water partition coefficient (Wildman–Crippen LogP) is 3.03. The van der Waals surface area contributed by atoms with Crippen LogP contribution in [-0.4, -0.2) is 30.6 Å². The predicted molar refractivity (Wildman–Crippen MR) is 77.5 cm³/mol. The second-order valence-corrected chi connectivity index (χ2v) is 5.83. The van der Waals surface area contributed by atoms with E-state index in [1.165, 1.54) is 4.70 Å². The van der Waals surface area contributed by atoms with E-state index in [4.69, 9.17) is 16.3 Å². The monoisotopic (exact) mass is 284 g/mol. The number of para-hydroxylation sites is 1. The van der Waals surface area contributed by atoms with Crippen LogP contribution in [0.4, 0.5) is 0 Å². The summed E-state index contributed by atoms with van der Waals surface area (Å²) in [5, 5.41) is 4.56. The van der Waals surface area contributed by atoms with E-state index >= 15 is 0 Å². The van der Waals surface area contributed by atoms with Crippen LogP contribution in [0.3, 0.4) is 0 Å². The Labute approximate surface area is 116 Å². The number of hydrogen-bond acceptors (Lipinski definition) is 4. The van der Waals surface area contributed by atoms with Crippen molar-refractivity contribution in [1.29, 1.82) is 0 Å². The standard InChI is InChI=1S/C13H17ClN2OS/c1-17-9-10(14)6-7-15-8-13-16-11-4-2-3-5-12(11)18-13/h2-5,10,15H,6-9H2,1H3. The van der Waals surface area contributed by atoms with Gasteiger partial charge in [0.25, 0.3) is 0 Å². The molecule has 1 aromatic heterocycles. The number of hydrogen-bond donors (Lipinski definition) is 1. The number of benzene rings is 1. The second-order valence-electron chi connectivity index (χ2n) is 4.09. The summed E-state index contributed by atoms with van der Waals surface area (Å²) in [6, 6.07) is 8.20. The van der Waals surface area contributed by atoms with Crippen molar-refractivity contribution in [3.8, 4) is 0 Å². The highest BCUT2D eigenvalue weighted by Crippen LogP contribution is 2.21. The highest BCUT2D eigenvalue weighted by atomic mass is 35.5.